The number of carbonyl (C=O) groups is 2. The number of likely N-dealkylation sites (N-methyl/N-ethyl adjacent to an activating group) is 1. The number of nitrogens with one attached hydrogen (secondary N) is 1. The van der Waals surface area contributed by atoms with Gasteiger partial charge >= 0.3 is 5.97 Å². The lowest BCUT2D eigenvalue weighted by molar-refractivity contribution is -0.153. The molecule has 2 unspecified atom stereocenters. The number of rotatable bonds is 5. The second-order valence-electron chi connectivity index (χ2n) is 9.29. The van der Waals surface area contributed by atoms with Crippen LogP contribution in [0.25, 0.3) is 0 Å². The minimum Gasteiger partial charge on any atom is -0.463 e. The molecular formula is C26H31ClN2O3. The lowest BCUT2D eigenvalue weighted by Gasteiger charge is -2.28. The van der Waals surface area contributed by atoms with E-state index in [1.807, 2.05) is 62.4 Å². The van der Waals surface area contributed by atoms with Crippen molar-refractivity contribution in [3.63, 3.8) is 0 Å². The van der Waals surface area contributed by atoms with Crippen LogP contribution in [0.2, 0.25) is 0 Å². The molecule has 4 rings (SSSR count). The number of fused-ring (bicyclic) bond motifs is 1. The maximum absolute atomic E-state index is 12.9. The van der Waals surface area contributed by atoms with Gasteiger partial charge in [-0.1, -0.05) is 35.9 Å². The van der Waals surface area contributed by atoms with E-state index in [0.29, 0.717) is 11.0 Å². The third kappa shape index (κ3) is 4.93. The highest BCUT2D eigenvalue weighted by Crippen LogP contribution is 2.37. The molecule has 32 heavy (non-hydrogen) atoms. The van der Waals surface area contributed by atoms with Crippen LogP contribution in [0.3, 0.4) is 0 Å². The summed E-state index contributed by atoms with van der Waals surface area (Å²) in [5, 5.41) is 3.69. The highest BCUT2D eigenvalue weighted by molar-refractivity contribution is 6.31. The summed E-state index contributed by atoms with van der Waals surface area (Å²) < 4.78 is 5.37. The fourth-order valence-electron chi connectivity index (χ4n) is 4.93. The van der Waals surface area contributed by atoms with Crippen LogP contribution >= 0.6 is 11.6 Å². The molecule has 3 aliphatic rings. The standard InChI is InChI=1S/C26H31ClN2O3/c1-16(2)32-26(31)19-6-4-17(5-7-19)18-8-11-21(12-9-18)28-25(30)23-15-29(3)24-13-10-20(27)14-22(23)24/h8-17,19,22,24H,4-7H2,1-3H3,(H,28,30). The van der Waals surface area contributed by atoms with E-state index in [9.17, 15) is 9.59 Å². The number of amides is 1. The zero-order valence-corrected chi connectivity index (χ0v) is 19.6. The smallest absolute Gasteiger partial charge is 0.309 e. The van der Waals surface area contributed by atoms with Crippen LogP contribution < -0.4 is 5.32 Å². The van der Waals surface area contributed by atoms with Gasteiger partial charge in [-0.05, 0) is 69.2 Å². The Morgan fingerprint density at radius 3 is 2.47 bits per heavy atom. The van der Waals surface area contributed by atoms with Gasteiger partial charge in [0.25, 0.3) is 5.91 Å². The Labute approximate surface area is 195 Å². The molecule has 2 atom stereocenters. The van der Waals surface area contributed by atoms with Crippen LogP contribution in [0.15, 0.2) is 59.3 Å². The lowest BCUT2D eigenvalue weighted by Crippen LogP contribution is -2.29. The van der Waals surface area contributed by atoms with E-state index in [0.717, 1.165) is 36.9 Å². The average Bonchev–Trinajstić information content (AvgIpc) is 3.09. The highest BCUT2D eigenvalue weighted by atomic mass is 35.5. The van der Waals surface area contributed by atoms with Crippen molar-refractivity contribution in [3.8, 4) is 0 Å². The number of ether oxygens (including phenoxy) is 1. The Hall–Kier alpha value is -2.53. The van der Waals surface area contributed by atoms with Gasteiger partial charge in [0.05, 0.1) is 18.1 Å². The fourth-order valence-corrected chi connectivity index (χ4v) is 5.14. The largest absolute Gasteiger partial charge is 0.463 e. The van der Waals surface area contributed by atoms with Crippen molar-refractivity contribution in [2.24, 2.45) is 11.8 Å². The van der Waals surface area contributed by atoms with Gasteiger partial charge in [-0.25, -0.2) is 0 Å². The quantitative estimate of drug-likeness (QED) is 0.608. The van der Waals surface area contributed by atoms with Gasteiger partial charge in [0.15, 0.2) is 0 Å². The highest BCUT2D eigenvalue weighted by Gasteiger charge is 2.35. The van der Waals surface area contributed by atoms with Crippen LogP contribution in [0.5, 0.6) is 0 Å². The van der Waals surface area contributed by atoms with E-state index in [2.05, 4.69) is 17.4 Å². The summed E-state index contributed by atoms with van der Waals surface area (Å²) in [6, 6.07) is 8.24. The molecular weight excluding hydrogens is 424 g/mol. The second kappa shape index (κ2) is 9.53. The lowest BCUT2D eigenvalue weighted by atomic mass is 9.78. The minimum absolute atomic E-state index is 0.0195. The van der Waals surface area contributed by atoms with E-state index in [-0.39, 0.29) is 35.9 Å². The third-order valence-electron chi connectivity index (χ3n) is 6.65. The summed E-state index contributed by atoms with van der Waals surface area (Å²) in [4.78, 5) is 27.1. The summed E-state index contributed by atoms with van der Waals surface area (Å²) in [5.41, 5.74) is 2.75. The normalized spacial score (nSPS) is 27.0. The fraction of sp³-hybridized carbons (Fsp3) is 0.462. The van der Waals surface area contributed by atoms with Crippen molar-refractivity contribution in [1.82, 2.24) is 4.90 Å². The number of benzene rings is 1. The van der Waals surface area contributed by atoms with Gasteiger partial charge in [0, 0.05) is 35.5 Å². The number of hydrogen-bond acceptors (Lipinski definition) is 4. The molecule has 0 spiro atoms. The van der Waals surface area contributed by atoms with Crippen molar-refractivity contribution >= 4 is 29.2 Å². The summed E-state index contributed by atoms with van der Waals surface area (Å²) in [6.07, 6.45) is 11.4. The predicted octanol–water partition coefficient (Wildman–Crippen LogP) is 5.36. The number of halogens is 1. The number of nitrogens with zero attached hydrogens (tertiary/aromatic N) is 1. The first-order chi connectivity index (χ1) is 15.3. The van der Waals surface area contributed by atoms with Crippen molar-refractivity contribution in [2.45, 2.75) is 57.6 Å². The number of esters is 1. The summed E-state index contributed by atoms with van der Waals surface area (Å²) >= 11 is 6.17. The molecule has 0 aromatic heterocycles. The molecule has 1 aromatic rings. The number of allylic oxidation sites excluding steroid dienone is 2. The first-order valence-electron chi connectivity index (χ1n) is 11.4. The van der Waals surface area contributed by atoms with Gasteiger partial charge < -0.3 is 15.0 Å². The monoisotopic (exact) mass is 454 g/mol. The molecule has 1 N–H and O–H groups in total. The van der Waals surface area contributed by atoms with Crippen molar-refractivity contribution < 1.29 is 14.3 Å². The third-order valence-corrected chi connectivity index (χ3v) is 6.90. The summed E-state index contributed by atoms with van der Waals surface area (Å²) in [7, 11) is 1.97. The van der Waals surface area contributed by atoms with Gasteiger partial charge in [-0.15, -0.1) is 0 Å². The average molecular weight is 455 g/mol. The van der Waals surface area contributed by atoms with Crippen LogP contribution in [0.4, 0.5) is 5.69 Å². The molecule has 1 heterocycles. The Bertz CT molecular complexity index is 956. The van der Waals surface area contributed by atoms with E-state index in [1.54, 1.807) is 0 Å². The second-order valence-corrected chi connectivity index (χ2v) is 9.72. The van der Waals surface area contributed by atoms with Crippen LogP contribution in [-0.2, 0) is 14.3 Å². The summed E-state index contributed by atoms with van der Waals surface area (Å²) in [5.74, 6) is 0.268. The maximum Gasteiger partial charge on any atom is 0.309 e. The molecule has 0 radical (unpaired) electrons. The van der Waals surface area contributed by atoms with Gasteiger partial charge in [0.1, 0.15) is 0 Å². The molecule has 1 aromatic carbocycles. The van der Waals surface area contributed by atoms with Crippen LogP contribution in [0, 0.1) is 11.8 Å². The van der Waals surface area contributed by atoms with Crippen molar-refractivity contribution in [3.05, 3.63) is 64.9 Å². The number of hydrogen-bond donors (Lipinski definition) is 1. The van der Waals surface area contributed by atoms with Crippen LogP contribution in [0.1, 0.15) is 51.0 Å². The van der Waals surface area contributed by atoms with E-state index in [1.165, 1.54) is 5.56 Å². The van der Waals surface area contributed by atoms with Crippen molar-refractivity contribution in [1.29, 1.82) is 0 Å². The molecule has 5 nitrogen and oxygen atoms in total. The number of carbonyl (C=O) groups excluding carboxylic acids is 2. The molecule has 1 amide bonds. The predicted molar refractivity (Wildman–Crippen MR) is 127 cm³/mol. The maximum atomic E-state index is 12.9. The minimum atomic E-state index is -0.0997. The van der Waals surface area contributed by atoms with E-state index >= 15 is 0 Å². The molecule has 1 fully saturated rings. The zero-order chi connectivity index (χ0) is 22.8. The SMILES string of the molecule is CC(C)OC(=O)C1CCC(c2ccc(NC(=O)C3=CN(C)C4C=CC(Cl)=CC34)cc2)CC1. The van der Waals surface area contributed by atoms with E-state index < -0.39 is 0 Å². The van der Waals surface area contributed by atoms with Crippen molar-refractivity contribution in [2.75, 3.05) is 12.4 Å². The molecule has 0 saturated heterocycles. The van der Waals surface area contributed by atoms with Crippen LogP contribution in [-0.4, -0.2) is 36.0 Å². The summed E-state index contributed by atoms with van der Waals surface area (Å²) in [6.45, 7) is 3.78. The first-order valence-corrected chi connectivity index (χ1v) is 11.8. The molecule has 1 aliphatic heterocycles. The molecule has 0 bridgehead atoms. The van der Waals surface area contributed by atoms with Gasteiger partial charge in [-0.3, -0.25) is 9.59 Å². The molecule has 170 valence electrons. The first kappa shape index (κ1) is 22.7. The Morgan fingerprint density at radius 1 is 1.12 bits per heavy atom. The topological polar surface area (TPSA) is 58.6 Å². The Kier molecular flexibility index (Phi) is 6.75. The molecule has 2 aliphatic carbocycles. The number of anilines is 1. The molecule has 6 heteroatoms. The molecule has 1 saturated carbocycles. The van der Waals surface area contributed by atoms with Gasteiger partial charge in [0.2, 0.25) is 0 Å². The Morgan fingerprint density at radius 2 is 1.81 bits per heavy atom. The Balaban J connectivity index is 1.34. The van der Waals surface area contributed by atoms with E-state index in [4.69, 9.17) is 16.3 Å². The zero-order valence-electron chi connectivity index (χ0n) is 18.9. The van der Waals surface area contributed by atoms with Gasteiger partial charge in [-0.2, -0.15) is 0 Å².